The summed E-state index contributed by atoms with van der Waals surface area (Å²) >= 11 is 1.37. The zero-order valence-corrected chi connectivity index (χ0v) is 20.9. The molecule has 1 aromatic heterocycles. The highest BCUT2D eigenvalue weighted by molar-refractivity contribution is 7.22. The van der Waals surface area contributed by atoms with E-state index in [1.54, 1.807) is 6.07 Å². The van der Waals surface area contributed by atoms with Crippen LogP contribution in [-0.4, -0.2) is 59.6 Å². The lowest BCUT2D eigenvalue weighted by Gasteiger charge is -2.41. The summed E-state index contributed by atoms with van der Waals surface area (Å²) in [5.41, 5.74) is 2.70. The summed E-state index contributed by atoms with van der Waals surface area (Å²) in [4.78, 5) is 20.2. The highest BCUT2D eigenvalue weighted by Crippen LogP contribution is 2.35. The van der Waals surface area contributed by atoms with E-state index in [-0.39, 0.29) is 18.4 Å². The molecule has 7 nitrogen and oxygen atoms in total. The predicted octanol–water partition coefficient (Wildman–Crippen LogP) is 5.46. The van der Waals surface area contributed by atoms with Crippen molar-refractivity contribution in [3.05, 3.63) is 47.5 Å². The van der Waals surface area contributed by atoms with Crippen LogP contribution in [0.4, 0.5) is 18.3 Å². The highest BCUT2D eigenvalue weighted by atomic mass is 32.1. The SMILES string of the molecule is CCCC1CN(Cc2cc(C)cc(OCC(=O)O)c2)CCN1c1nc2ccc(OC(F)(F)F)cc2s1. The number of nitrogens with zero attached hydrogens (tertiary/aromatic N) is 3. The molecule has 1 aliphatic rings. The summed E-state index contributed by atoms with van der Waals surface area (Å²) < 4.78 is 47.9. The van der Waals surface area contributed by atoms with Crippen LogP contribution < -0.4 is 14.4 Å². The third-order valence-electron chi connectivity index (χ3n) is 5.90. The summed E-state index contributed by atoms with van der Waals surface area (Å²) in [6.07, 6.45) is -2.79. The first kappa shape index (κ1) is 26.0. The molecule has 1 aliphatic heterocycles. The Hall–Kier alpha value is -3.05. The number of rotatable bonds is 9. The van der Waals surface area contributed by atoms with Crippen LogP contribution in [0.1, 0.15) is 30.9 Å². The predicted molar refractivity (Wildman–Crippen MR) is 132 cm³/mol. The largest absolute Gasteiger partial charge is 0.573 e. The van der Waals surface area contributed by atoms with Crippen LogP contribution >= 0.6 is 11.3 Å². The van der Waals surface area contributed by atoms with Crippen molar-refractivity contribution in [1.82, 2.24) is 9.88 Å². The molecular weight excluding hydrogens is 495 g/mol. The van der Waals surface area contributed by atoms with Crippen LogP contribution in [0.5, 0.6) is 11.5 Å². The first-order valence-electron chi connectivity index (χ1n) is 11.7. The lowest BCUT2D eigenvalue weighted by Crippen LogP contribution is -2.52. The fourth-order valence-corrected chi connectivity index (χ4v) is 5.60. The van der Waals surface area contributed by atoms with E-state index in [1.165, 1.54) is 23.5 Å². The number of aliphatic carboxylic acids is 1. The van der Waals surface area contributed by atoms with Crippen LogP contribution in [0.2, 0.25) is 0 Å². The third-order valence-corrected chi connectivity index (χ3v) is 6.95. The van der Waals surface area contributed by atoms with Crippen LogP contribution in [0, 0.1) is 6.92 Å². The van der Waals surface area contributed by atoms with E-state index in [2.05, 4.69) is 27.5 Å². The minimum atomic E-state index is -4.73. The molecule has 2 aromatic carbocycles. The molecule has 1 N–H and O–H groups in total. The van der Waals surface area contributed by atoms with Gasteiger partial charge in [-0.05, 0) is 48.7 Å². The number of carboxylic acid groups (broad SMARTS) is 1. The minimum Gasteiger partial charge on any atom is -0.482 e. The Bertz CT molecular complexity index is 1220. The van der Waals surface area contributed by atoms with Crippen LogP contribution in [0.25, 0.3) is 10.2 Å². The van der Waals surface area contributed by atoms with Gasteiger partial charge in [0, 0.05) is 38.3 Å². The number of fused-ring (bicyclic) bond motifs is 1. The lowest BCUT2D eigenvalue weighted by molar-refractivity contribution is -0.274. The first-order chi connectivity index (χ1) is 17.1. The van der Waals surface area contributed by atoms with Gasteiger partial charge in [-0.1, -0.05) is 30.7 Å². The molecule has 0 amide bonds. The average molecular weight is 524 g/mol. The van der Waals surface area contributed by atoms with Crippen molar-refractivity contribution < 1.29 is 32.5 Å². The molecule has 1 saturated heterocycles. The first-order valence-corrected chi connectivity index (χ1v) is 12.5. The van der Waals surface area contributed by atoms with Gasteiger partial charge in [0.15, 0.2) is 11.7 Å². The average Bonchev–Trinajstić information content (AvgIpc) is 3.20. The molecule has 0 aliphatic carbocycles. The number of alkyl halides is 3. The van der Waals surface area contributed by atoms with Gasteiger partial charge in [-0.2, -0.15) is 0 Å². The molecule has 0 spiro atoms. The van der Waals surface area contributed by atoms with Crippen LogP contribution in [0.3, 0.4) is 0 Å². The lowest BCUT2D eigenvalue weighted by atomic mass is 10.1. The van der Waals surface area contributed by atoms with Gasteiger partial charge < -0.3 is 19.5 Å². The molecular formula is C25H28F3N3O4S. The molecule has 1 atom stereocenters. The van der Waals surface area contributed by atoms with Crippen molar-refractivity contribution in [3.8, 4) is 11.5 Å². The van der Waals surface area contributed by atoms with Crippen molar-refractivity contribution in [2.75, 3.05) is 31.1 Å². The zero-order chi connectivity index (χ0) is 25.9. The van der Waals surface area contributed by atoms with Crippen molar-refractivity contribution in [2.24, 2.45) is 0 Å². The maximum absolute atomic E-state index is 12.6. The molecule has 11 heteroatoms. The molecule has 194 valence electrons. The topological polar surface area (TPSA) is 75.1 Å². The summed E-state index contributed by atoms with van der Waals surface area (Å²) in [6.45, 7) is 6.74. The fourth-order valence-electron chi connectivity index (χ4n) is 4.51. The Morgan fingerprint density at radius 1 is 1.19 bits per heavy atom. The number of aromatic nitrogens is 1. The van der Waals surface area contributed by atoms with Crippen molar-refractivity contribution in [1.29, 1.82) is 0 Å². The number of carboxylic acids is 1. The van der Waals surface area contributed by atoms with E-state index in [0.29, 0.717) is 22.5 Å². The van der Waals surface area contributed by atoms with Crippen molar-refractivity contribution in [2.45, 2.75) is 45.6 Å². The maximum atomic E-state index is 12.6. The molecule has 4 rings (SSSR count). The normalized spacial score (nSPS) is 16.9. The Kier molecular flexibility index (Phi) is 7.89. The number of carbonyl (C=O) groups is 1. The molecule has 2 heterocycles. The van der Waals surface area contributed by atoms with Crippen molar-refractivity contribution in [3.63, 3.8) is 0 Å². The molecule has 0 radical (unpaired) electrons. The van der Waals surface area contributed by atoms with E-state index >= 15 is 0 Å². The van der Waals surface area contributed by atoms with Gasteiger partial charge in [0.05, 0.1) is 10.2 Å². The summed E-state index contributed by atoms with van der Waals surface area (Å²) in [7, 11) is 0. The molecule has 36 heavy (non-hydrogen) atoms. The number of anilines is 1. The molecule has 3 aromatic rings. The molecule has 1 unspecified atom stereocenters. The minimum absolute atomic E-state index is 0.211. The summed E-state index contributed by atoms with van der Waals surface area (Å²) in [6, 6.07) is 10.2. The van der Waals surface area contributed by atoms with Crippen molar-refractivity contribution >= 4 is 32.7 Å². The Morgan fingerprint density at radius 2 is 2.00 bits per heavy atom. The van der Waals surface area contributed by atoms with E-state index in [0.717, 1.165) is 48.7 Å². The second-order valence-corrected chi connectivity index (χ2v) is 9.89. The molecule has 0 bridgehead atoms. The van der Waals surface area contributed by atoms with Gasteiger partial charge in [-0.15, -0.1) is 13.2 Å². The van der Waals surface area contributed by atoms with Gasteiger partial charge >= 0.3 is 12.3 Å². The molecule has 0 saturated carbocycles. The van der Waals surface area contributed by atoms with E-state index in [4.69, 9.17) is 14.8 Å². The van der Waals surface area contributed by atoms with E-state index in [9.17, 15) is 18.0 Å². The van der Waals surface area contributed by atoms with Crippen LogP contribution in [0.15, 0.2) is 36.4 Å². The second-order valence-electron chi connectivity index (χ2n) is 8.88. The fraction of sp³-hybridized carbons (Fsp3) is 0.440. The zero-order valence-electron chi connectivity index (χ0n) is 20.0. The monoisotopic (exact) mass is 523 g/mol. The number of hydrogen-bond donors (Lipinski definition) is 1. The van der Waals surface area contributed by atoms with Gasteiger partial charge in [0.25, 0.3) is 0 Å². The molecule has 1 fully saturated rings. The second kappa shape index (κ2) is 10.9. The number of ether oxygens (including phenoxy) is 2. The summed E-state index contributed by atoms with van der Waals surface area (Å²) in [5, 5.41) is 9.68. The summed E-state index contributed by atoms with van der Waals surface area (Å²) in [5.74, 6) is -0.722. The smallest absolute Gasteiger partial charge is 0.482 e. The Labute approximate surface area is 211 Å². The van der Waals surface area contributed by atoms with Gasteiger partial charge in [0.1, 0.15) is 11.5 Å². The number of aryl methyl sites for hydroxylation is 1. The number of halogens is 3. The number of benzene rings is 2. The Morgan fingerprint density at radius 3 is 2.72 bits per heavy atom. The van der Waals surface area contributed by atoms with Gasteiger partial charge in [-0.25, -0.2) is 9.78 Å². The standard InChI is InChI=1S/C25H28F3N3O4S/c1-3-4-18-14-30(13-17-9-16(2)10-20(11-17)34-15-23(32)33)7-8-31(18)24-29-21-6-5-19(12-22(21)36-24)35-25(26,27)28/h5-6,9-12,18H,3-4,7-8,13-15H2,1-2H3,(H,32,33). The maximum Gasteiger partial charge on any atom is 0.573 e. The Balaban J connectivity index is 1.47. The van der Waals surface area contributed by atoms with Gasteiger partial charge in [-0.3, -0.25) is 4.90 Å². The number of piperazine rings is 1. The van der Waals surface area contributed by atoms with Gasteiger partial charge in [0.2, 0.25) is 0 Å². The number of thiazole rings is 1. The van der Waals surface area contributed by atoms with Crippen LogP contribution in [-0.2, 0) is 11.3 Å². The highest BCUT2D eigenvalue weighted by Gasteiger charge is 2.32. The number of hydrogen-bond acceptors (Lipinski definition) is 7. The van der Waals surface area contributed by atoms with E-state index < -0.39 is 12.3 Å². The van der Waals surface area contributed by atoms with E-state index in [1.807, 2.05) is 19.1 Å². The quantitative estimate of drug-likeness (QED) is 0.399. The third kappa shape index (κ3) is 6.79.